The van der Waals surface area contributed by atoms with E-state index in [0.717, 1.165) is 10.1 Å². The average molecular weight is 603 g/mol. The van der Waals surface area contributed by atoms with Crippen LogP contribution in [-0.4, -0.2) is 62.4 Å². The molecule has 2 aromatic carbocycles. The quantitative estimate of drug-likeness (QED) is 0.292. The highest BCUT2D eigenvalue weighted by atomic mass is 35.5. The van der Waals surface area contributed by atoms with Gasteiger partial charge >= 0.3 is 8.25 Å². The lowest BCUT2D eigenvalue weighted by molar-refractivity contribution is -0.0585. The van der Waals surface area contributed by atoms with Crippen molar-refractivity contribution < 1.29 is 31.9 Å². The van der Waals surface area contributed by atoms with E-state index < -0.39 is 53.3 Å². The van der Waals surface area contributed by atoms with Crippen molar-refractivity contribution in [2.45, 2.75) is 34.6 Å². The van der Waals surface area contributed by atoms with Gasteiger partial charge in [-0.25, -0.2) is 17.8 Å². The third-order valence-corrected chi connectivity index (χ3v) is 9.47. The van der Waals surface area contributed by atoms with E-state index in [1.807, 2.05) is 30.3 Å². The number of halogens is 1. The van der Waals surface area contributed by atoms with Gasteiger partial charge in [-0.3, -0.25) is 9.36 Å². The SMILES string of the molecule is O=c1c2nc(S(=O)(=O)c3ccc(Cl)cc3)n([C@@H]3OC4CO[P+](=O)O[C@H]4C3O)c2nc2[nH]c(-c3ccccc3)cn12. The maximum Gasteiger partial charge on any atom is 0.697 e. The summed E-state index contributed by atoms with van der Waals surface area (Å²) in [6, 6.07) is 14.6. The highest BCUT2D eigenvalue weighted by molar-refractivity contribution is 7.91. The fourth-order valence-electron chi connectivity index (χ4n) is 4.87. The Morgan fingerprint density at radius 1 is 1.10 bits per heavy atom. The molecule has 5 heterocycles. The van der Waals surface area contributed by atoms with Crippen molar-refractivity contribution in [1.29, 1.82) is 0 Å². The molecule has 0 saturated carbocycles. The maximum atomic E-state index is 13.8. The van der Waals surface area contributed by atoms with E-state index in [-0.39, 0.29) is 28.4 Å². The number of imidazole rings is 2. The second-order valence-corrected chi connectivity index (χ2v) is 12.4. The number of aliphatic hydroxyl groups excluding tert-OH is 1. The third kappa shape index (κ3) is 3.91. The van der Waals surface area contributed by atoms with E-state index in [9.17, 15) is 22.9 Å². The summed E-state index contributed by atoms with van der Waals surface area (Å²) in [6.07, 6.45) is -3.31. The monoisotopic (exact) mass is 602 g/mol. The lowest BCUT2D eigenvalue weighted by Gasteiger charge is -2.19. The average Bonchev–Trinajstić information content (AvgIpc) is 3.64. The highest BCUT2D eigenvalue weighted by Gasteiger charge is 2.56. The van der Waals surface area contributed by atoms with E-state index in [0.29, 0.717) is 10.7 Å². The molecule has 5 atom stereocenters. The van der Waals surface area contributed by atoms with E-state index in [4.69, 9.17) is 25.4 Å². The molecule has 2 fully saturated rings. The third-order valence-electron chi connectivity index (χ3n) is 6.78. The second kappa shape index (κ2) is 9.28. The number of nitrogens with one attached hydrogen (secondary N) is 1. The summed E-state index contributed by atoms with van der Waals surface area (Å²) in [4.78, 5) is 25.3. The molecule has 204 valence electrons. The van der Waals surface area contributed by atoms with Crippen molar-refractivity contribution in [3.05, 3.63) is 76.2 Å². The van der Waals surface area contributed by atoms with Crippen molar-refractivity contribution in [1.82, 2.24) is 23.9 Å². The van der Waals surface area contributed by atoms with Crippen LogP contribution in [0.25, 0.3) is 28.2 Å². The zero-order valence-corrected chi connectivity index (χ0v) is 22.6. The standard InChI is InChI=1S/C24H17ClN5O8PS/c25-13-6-8-14(9-7-13)40(34,35)24-27-17-20(30(24)22-18(31)19-16(37-22)11-36-39(33)38-19)28-23-26-15(10-29(23)21(17)32)12-4-2-1-3-5-12/h1-10,16,18-19,22,31H,11H2/p+1/t16?,18?,19-,22-/m1/s1. The van der Waals surface area contributed by atoms with Gasteiger partial charge in [0.2, 0.25) is 20.8 Å². The molecule has 0 bridgehead atoms. The van der Waals surface area contributed by atoms with Crippen molar-refractivity contribution in [2.75, 3.05) is 6.61 Å². The first-order valence-corrected chi connectivity index (χ1v) is 14.9. The zero-order chi connectivity index (χ0) is 27.8. The van der Waals surface area contributed by atoms with Crippen LogP contribution in [0.15, 0.2) is 75.6 Å². The molecule has 16 heteroatoms. The second-order valence-electron chi connectivity index (χ2n) is 9.18. The Balaban J connectivity index is 1.47. The molecule has 3 unspecified atom stereocenters. The minimum absolute atomic E-state index is 0.112. The van der Waals surface area contributed by atoms with Gasteiger partial charge in [-0.2, -0.15) is 4.98 Å². The molecule has 40 heavy (non-hydrogen) atoms. The first kappa shape index (κ1) is 25.5. The molecule has 7 rings (SSSR count). The van der Waals surface area contributed by atoms with Gasteiger partial charge < -0.3 is 14.8 Å². The summed E-state index contributed by atoms with van der Waals surface area (Å²) >= 11 is 5.96. The number of nitrogens with zero attached hydrogens (tertiary/aromatic N) is 4. The molecule has 2 aliphatic rings. The molecular weight excluding hydrogens is 585 g/mol. The van der Waals surface area contributed by atoms with Crippen LogP contribution in [0.5, 0.6) is 0 Å². The number of rotatable bonds is 4. The first-order chi connectivity index (χ1) is 19.2. The normalized spacial score (nSPS) is 24.1. The van der Waals surface area contributed by atoms with Crippen molar-refractivity contribution >= 4 is 46.6 Å². The van der Waals surface area contributed by atoms with Crippen LogP contribution in [0, 0.1) is 0 Å². The van der Waals surface area contributed by atoms with Gasteiger partial charge in [-0.1, -0.05) is 41.9 Å². The molecule has 2 saturated heterocycles. The number of hydrogen-bond donors (Lipinski definition) is 2. The van der Waals surface area contributed by atoms with Gasteiger partial charge in [0.15, 0.2) is 23.5 Å². The number of ether oxygens (including phenoxy) is 1. The summed E-state index contributed by atoms with van der Waals surface area (Å²) in [5, 5.41) is 10.9. The maximum absolute atomic E-state index is 13.8. The Morgan fingerprint density at radius 2 is 1.85 bits per heavy atom. The number of benzene rings is 2. The molecule has 2 aliphatic heterocycles. The number of hydrogen-bond acceptors (Lipinski definition) is 10. The summed E-state index contributed by atoms with van der Waals surface area (Å²) < 4.78 is 58.0. The first-order valence-electron chi connectivity index (χ1n) is 11.9. The Kier molecular flexibility index (Phi) is 5.91. The van der Waals surface area contributed by atoms with Gasteiger partial charge in [0, 0.05) is 15.8 Å². The predicted octanol–water partition coefficient (Wildman–Crippen LogP) is 2.86. The van der Waals surface area contributed by atoms with Crippen LogP contribution >= 0.6 is 19.9 Å². The predicted molar refractivity (Wildman–Crippen MR) is 140 cm³/mol. The number of aliphatic hydroxyl groups is 1. The fraction of sp³-hybridized carbons (Fsp3) is 0.208. The van der Waals surface area contributed by atoms with E-state index in [2.05, 4.69) is 15.0 Å². The largest absolute Gasteiger partial charge is 0.697 e. The van der Waals surface area contributed by atoms with Crippen molar-refractivity contribution in [2.24, 2.45) is 0 Å². The van der Waals surface area contributed by atoms with Crippen LogP contribution < -0.4 is 5.56 Å². The number of sulfone groups is 1. The summed E-state index contributed by atoms with van der Waals surface area (Å²) in [7, 11) is -6.89. The molecule has 0 aliphatic carbocycles. The Morgan fingerprint density at radius 3 is 2.60 bits per heavy atom. The Hall–Kier alpha value is -3.49. The van der Waals surface area contributed by atoms with Crippen molar-refractivity contribution in [3.63, 3.8) is 0 Å². The van der Waals surface area contributed by atoms with Gasteiger partial charge in [-0.15, -0.1) is 9.05 Å². The zero-order valence-electron chi connectivity index (χ0n) is 20.1. The lowest BCUT2D eigenvalue weighted by atomic mass is 10.1. The van der Waals surface area contributed by atoms with E-state index in [1.54, 1.807) is 6.20 Å². The fourth-order valence-corrected chi connectivity index (χ4v) is 7.15. The van der Waals surface area contributed by atoms with Crippen LogP contribution in [0.3, 0.4) is 0 Å². The number of fused-ring (bicyclic) bond motifs is 3. The van der Waals surface area contributed by atoms with Gasteiger partial charge in [-0.05, 0) is 29.8 Å². The highest BCUT2D eigenvalue weighted by Crippen LogP contribution is 2.44. The van der Waals surface area contributed by atoms with Gasteiger partial charge in [0.05, 0.1) is 10.6 Å². The molecule has 13 nitrogen and oxygen atoms in total. The van der Waals surface area contributed by atoms with Crippen LogP contribution in [-0.2, 0) is 28.2 Å². The summed E-state index contributed by atoms with van der Waals surface area (Å²) in [5.74, 6) is 0.112. The summed E-state index contributed by atoms with van der Waals surface area (Å²) in [6.45, 7) is -0.156. The molecule has 3 aromatic heterocycles. The molecular formula is C24H18ClN5O8PS+. The van der Waals surface area contributed by atoms with E-state index in [1.165, 1.54) is 28.7 Å². The topological polar surface area (TPSA) is 167 Å². The number of H-pyrrole nitrogens is 1. The molecule has 0 spiro atoms. The lowest BCUT2D eigenvalue weighted by Crippen LogP contribution is -2.37. The van der Waals surface area contributed by atoms with Crippen LogP contribution in [0.1, 0.15) is 6.23 Å². The van der Waals surface area contributed by atoms with Gasteiger partial charge in [0.1, 0.15) is 18.8 Å². The smallest absolute Gasteiger partial charge is 0.385 e. The molecule has 5 aromatic rings. The molecule has 0 amide bonds. The van der Waals surface area contributed by atoms with Crippen molar-refractivity contribution in [3.8, 4) is 11.3 Å². The minimum Gasteiger partial charge on any atom is -0.385 e. The molecule has 0 radical (unpaired) electrons. The van der Waals surface area contributed by atoms with Gasteiger partial charge in [0.25, 0.3) is 5.56 Å². The Labute approximate surface area is 230 Å². The van der Waals surface area contributed by atoms with Crippen LogP contribution in [0.2, 0.25) is 5.02 Å². The minimum atomic E-state index is -4.39. The van der Waals surface area contributed by atoms with E-state index >= 15 is 0 Å². The Bertz CT molecular complexity index is 1980. The molecule has 2 N–H and O–H groups in total. The van der Waals surface area contributed by atoms with Crippen LogP contribution in [0.4, 0.5) is 0 Å². The summed E-state index contributed by atoms with van der Waals surface area (Å²) in [5.41, 5.74) is 0.335. The number of aromatic nitrogens is 5. The number of aromatic amines is 1.